The third-order valence-electron chi connectivity index (χ3n) is 4.16. The summed E-state index contributed by atoms with van der Waals surface area (Å²) in [5, 5.41) is 16.6. The lowest BCUT2D eigenvalue weighted by atomic mass is 10.0. The van der Waals surface area contributed by atoms with Crippen LogP contribution in [0.25, 0.3) is 0 Å². The summed E-state index contributed by atoms with van der Waals surface area (Å²) in [6.07, 6.45) is 0.181. The Morgan fingerprint density at radius 1 is 1.17 bits per heavy atom. The number of carbonyl (C=O) groups is 2. The molecule has 1 heterocycles. The molecule has 0 bridgehead atoms. The molecule has 29 heavy (non-hydrogen) atoms. The highest BCUT2D eigenvalue weighted by molar-refractivity contribution is 7.12. The van der Waals surface area contributed by atoms with Gasteiger partial charge in [0, 0.05) is 12.5 Å². The van der Waals surface area contributed by atoms with Gasteiger partial charge in [-0.25, -0.2) is 4.39 Å². The summed E-state index contributed by atoms with van der Waals surface area (Å²) < 4.78 is 18.8. The second-order valence-electron chi connectivity index (χ2n) is 6.21. The second-order valence-corrected chi connectivity index (χ2v) is 7.16. The predicted molar refractivity (Wildman–Crippen MR) is 109 cm³/mol. The van der Waals surface area contributed by atoms with Crippen molar-refractivity contribution in [3.63, 3.8) is 0 Å². The molecule has 8 heteroatoms. The number of phenolic OH excluding ortho intramolecular Hbond substituents is 1. The van der Waals surface area contributed by atoms with Crippen molar-refractivity contribution in [3.8, 4) is 11.5 Å². The van der Waals surface area contributed by atoms with Crippen molar-refractivity contribution in [3.05, 3.63) is 76.2 Å². The van der Waals surface area contributed by atoms with Crippen LogP contribution in [-0.2, 0) is 11.2 Å². The van der Waals surface area contributed by atoms with Gasteiger partial charge in [0.2, 0.25) is 5.91 Å². The number of rotatable bonds is 7. The van der Waals surface area contributed by atoms with Crippen LogP contribution < -0.4 is 15.4 Å². The zero-order valence-electron chi connectivity index (χ0n) is 15.5. The highest BCUT2D eigenvalue weighted by Gasteiger charge is 2.23. The quantitative estimate of drug-likeness (QED) is 0.551. The first-order valence-electron chi connectivity index (χ1n) is 8.73. The number of thiophene rings is 1. The molecule has 0 radical (unpaired) electrons. The number of hydrogen-bond acceptors (Lipinski definition) is 5. The van der Waals surface area contributed by atoms with E-state index in [1.807, 2.05) is 0 Å². The lowest BCUT2D eigenvalue weighted by molar-refractivity contribution is -0.118. The van der Waals surface area contributed by atoms with Crippen LogP contribution in [-0.4, -0.2) is 30.1 Å². The molecule has 3 aromatic rings. The van der Waals surface area contributed by atoms with Crippen LogP contribution >= 0.6 is 11.3 Å². The summed E-state index contributed by atoms with van der Waals surface area (Å²) in [7, 11) is 1.41. The third-order valence-corrected chi connectivity index (χ3v) is 5.03. The van der Waals surface area contributed by atoms with Crippen molar-refractivity contribution in [1.82, 2.24) is 5.32 Å². The summed E-state index contributed by atoms with van der Waals surface area (Å²) in [6.45, 7) is 0. The number of hydrogen-bond donors (Lipinski definition) is 3. The first-order chi connectivity index (χ1) is 14.0. The molecular formula is C21H19FN2O4S. The van der Waals surface area contributed by atoms with Crippen LogP contribution in [0, 0.1) is 5.82 Å². The van der Waals surface area contributed by atoms with Crippen LogP contribution in [0.2, 0.25) is 0 Å². The number of anilines is 1. The molecule has 0 aliphatic heterocycles. The highest BCUT2D eigenvalue weighted by Crippen LogP contribution is 2.25. The van der Waals surface area contributed by atoms with E-state index in [-0.39, 0.29) is 23.8 Å². The number of halogens is 1. The van der Waals surface area contributed by atoms with Gasteiger partial charge in [-0.15, -0.1) is 11.3 Å². The largest absolute Gasteiger partial charge is 0.508 e. The number of methoxy groups -OCH3 is 1. The first kappa shape index (κ1) is 20.3. The zero-order valence-corrected chi connectivity index (χ0v) is 16.3. The smallest absolute Gasteiger partial charge is 0.262 e. The van der Waals surface area contributed by atoms with Gasteiger partial charge in [0.05, 0.1) is 17.7 Å². The van der Waals surface area contributed by atoms with Gasteiger partial charge in [-0.1, -0.05) is 18.2 Å². The lowest BCUT2D eigenvalue weighted by Crippen LogP contribution is -2.45. The van der Waals surface area contributed by atoms with Crippen LogP contribution in [0.4, 0.5) is 10.1 Å². The highest BCUT2D eigenvalue weighted by atomic mass is 32.1. The average Bonchev–Trinajstić information content (AvgIpc) is 3.24. The Bertz CT molecular complexity index is 990. The normalized spacial score (nSPS) is 11.5. The molecule has 6 nitrogen and oxygen atoms in total. The molecule has 3 N–H and O–H groups in total. The molecular weight excluding hydrogens is 395 g/mol. The molecule has 0 saturated heterocycles. The van der Waals surface area contributed by atoms with E-state index in [9.17, 15) is 19.1 Å². The van der Waals surface area contributed by atoms with Crippen LogP contribution in [0.15, 0.2) is 60.0 Å². The van der Waals surface area contributed by atoms with Crippen molar-refractivity contribution in [2.24, 2.45) is 0 Å². The fourth-order valence-electron chi connectivity index (χ4n) is 2.71. The molecule has 1 unspecified atom stereocenters. The molecule has 2 amide bonds. The van der Waals surface area contributed by atoms with E-state index in [1.165, 1.54) is 42.7 Å². The number of benzene rings is 2. The maximum atomic E-state index is 13.6. The Morgan fingerprint density at radius 3 is 2.59 bits per heavy atom. The summed E-state index contributed by atoms with van der Waals surface area (Å²) in [6, 6.07) is 12.6. The van der Waals surface area contributed by atoms with Gasteiger partial charge in [0.15, 0.2) is 0 Å². The Labute approximate surface area is 171 Å². The molecule has 2 aromatic carbocycles. The number of phenols is 1. The lowest BCUT2D eigenvalue weighted by Gasteiger charge is -2.19. The van der Waals surface area contributed by atoms with Crippen molar-refractivity contribution in [2.45, 2.75) is 12.5 Å². The van der Waals surface area contributed by atoms with Crippen molar-refractivity contribution < 1.29 is 23.8 Å². The fraction of sp³-hybridized carbons (Fsp3) is 0.143. The third kappa shape index (κ3) is 5.32. The zero-order chi connectivity index (χ0) is 20.8. The Morgan fingerprint density at radius 2 is 1.93 bits per heavy atom. The molecule has 0 aliphatic rings. The van der Waals surface area contributed by atoms with Crippen LogP contribution in [0.3, 0.4) is 0 Å². The summed E-state index contributed by atoms with van der Waals surface area (Å²) >= 11 is 1.26. The Balaban J connectivity index is 1.82. The predicted octanol–water partition coefficient (Wildman–Crippen LogP) is 3.58. The molecule has 150 valence electrons. The van der Waals surface area contributed by atoms with E-state index in [1.54, 1.807) is 29.6 Å². The number of ether oxygens (including phenoxy) is 1. The van der Waals surface area contributed by atoms with Crippen LogP contribution in [0.5, 0.6) is 11.5 Å². The summed E-state index contributed by atoms with van der Waals surface area (Å²) in [4.78, 5) is 25.9. The molecule has 1 atom stereocenters. The average molecular weight is 414 g/mol. The molecule has 0 aliphatic carbocycles. The summed E-state index contributed by atoms with van der Waals surface area (Å²) in [5.74, 6) is -1.04. The topological polar surface area (TPSA) is 87.7 Å². The second kappa shape index (κ2) is 9.20. The van der Waals surface area contributed by atoms with E-state index < -0.39 is 17.8 Å². The van der Waals surface area contributed by atoms with Gasteiger partial charge in [-0.3, -0.25) is 9.59 Å². The Hall–Kier alpha value is -3.39. The van der Waals surface area contributed by atoms with Gasteiger partial charge < -0.3 is 20.5 Å². The van der Waals surface area contributed by atoms with E-state index in [0.717, 1.165) is 11.6 Å². The molecule has 0 saturated carbocycles. The van der Waals surface area contributed by atoms with Gasteiger partial charge in [0.25, 0.3) is 5.91 Å². The minimum absolute atomic E-state index is 0.0990. The van der Waals surface area contributed by atoms with Crippen molar-refractivity contribution in [1.29, 1.82) is 0 Å². The van der Waals surface area contributed by atoms with Crippen molar-refractivity contribution >= 4 is 28.8 Å². The van der Waals surface area contributed by atoms with E-state index >= 15 is 0 Å². The molecule has 0 fully saturated rings. The van der Waals surface area contributed by atoms with Crippen LogP contribution in [0.1, 0.15) is 15.2 Å². The Kier molecular flexibility index (Phi) is 6.46. The fourth-order valence-corrected chi connectivity index (χ4v) is 3.34. The minimum atomic E-state index is -0.929. The number of aromatic hydroxyl groups is 1. The molecule has 3 rings (SSSR count). The minimum Gasteiger partial charge on any atom is -0.508 e. The van der Waals surface area contributed by atoms with E-state index in [2.05, 4.69) is 10.6 Å². The number of amides is 2. The van der Waals surface area contributed by atoms with Gasteiger partial charge in [-0.05, 0) is 41.3 Å². The van der Waals surface area contributed by atoms with E-state index in [0.29, 0.717) is 10.6 Å². The van der Waals surface area contributed by atoms with Crippen molar-refractivity contribution in [2.75, 3.05) is 12.4 Å². The standard InChI is InChI=1S/C21H19FN2O4S/c1-28-18-9-6-14(22)12-16(18)23-20(26)17(11-13-4-7-15(25)8-5-13)24-21(27)19-3-2-10-29-19/h2-10,12,17,25H,11H2,1H3,(H,23,26)(H,24,27). The van der Waals surface area contributed by atoms with Gasteiger partial charge >= 0.3 is 0 Å². The van der Waals surface area contributed by atoms with Gasteiger partial charge in [0.1, 0.15) is 23.4 Å². The maximum Gasteiger partial charge on any atom is 0.262 e. The monoisotopic (exact) mass is 414 g/mol. The maximum absolute atomic E-state index is 13.6. The molecule has 0 spiro atoms. The van der Waals surface area contributed by atoms with E-state index in [4.69, 9.17) is 4.74 Å². The molecule has 1 aromatic heterocycles. The first-order valence-corrected chi connectivity index (χ1v) is 9.61. The summed E-state index contributed by atoms with van der Waals surface area (Å²) in [5.41, 5.74) is 0.902. The number of carbonyl (C=O) groups excluding carboxylic acids is 2. The van der Waals surface area contributed by atoms with Gasteiger partial charge in [-0.2, -0.15) is 0 Å². The number of nitrogens with one attached hydrogen (secondary N) is 2. The SMILES string of the molecule is COc1ccc(F)cc1NC(=O)C(Cc1ccc(O)cc1)NC(=O)c1cccs1.